The molecule has 0 spiro atoms. The second-order valence-corrected chi connectivity index (χ2v) is 5.68. The SMILES string of the molecule is N#CC1=C(N)Nc2nc(N)[nH]c(=O)c2C1c1ccc(Br)cc1. The van der Waals surface area contributed by atoms with Crippen LogP contribution < -0.4 is 22.3 Å². The maximum atomic E-state index is 12.3. The van der Waals surface area contributed by atoms with Gasteiger partial charge in [-0.3, -0.25) is 9.78 Å². The van der Waals surface area contributed by atoms with Crippen molar-refractivity contribution in [1.82, 2.24) is 9.97 Å². The second kappa shape index (κ2) is 5.20. The normalized spacial score (nSPS) is 16.6. The van der Waals surface area contributed by atoms with Gasteiger partial charge in [0.15, 0.2) is 0 Å². The molecule has 0 aliphatic carbocycles. The van der Waals surface area contributed by atoms with Crippen molar-refractivity contribution >= 4 is 27.7 Å². The van der Waals surface area contributed by atoms with Gasteiger partial charge in [0.2, 0.25) is 5.95 Å². The lowest BCUT2D eigenvalue weighted by atomic mass is 9.84. The van der Waals surface area contributed by atoms with Gasteiger partial charge in [-0.25, -0.2) is 0 Å². The number of aromatic nitrogens is 2. The topological polar surface area (TPSA) is 134 Å². The van der Waals surface area contributed by atoms with E-state index in [1.54, 1.807) is 0 Å². The van der Waals surface area contributed by atoms with E-state index in [0.717, 1.165) is 10.0 Å². The molecular formula is C14H11BrN6O. The van der Waals surface area contributed by atoms with Gasteiger partial charge in [-0.05, 0) is 17.7 Å². The summed E-state index contributed by atoms with van der Waals surface area (Å²) in [4.78, 5) is 18.8. The van der Waals surface area contributed by atoms with Crippen molar-refractivity contribution in [2.75, 3.05) is 11.1 Å². The van der Waals surface area contributed by atoms with E-state index in [9.17, 15) is 10.1 Å². The molecule has 1 aliphatic heterocycles. The average Bonchev–Trinajstić information content (AvgIpc) is 2.46. The molecule has 0 fully saturated rings. The molecule has 0 radical (unpaired) electrons. The van der Waals surface area contributed by atoms with E-state index in [-0.39, 0.29) is 23.2 Å². The van der Waals surface area contributed by atoms with Crippen LogP contribution in [-0.2, 0) is 0 Å². The molecule has 1 atom stereocenters. The second-order valence-electron chi connectivity index (χ2n) is 4.76. The van der Waals surface area contributed by atoms with Gasteiger partial charge in [0.05, 0.1) is 23.1 Å². The lowest BCUT2D eigenvalue weighted by molar-refractivity contribution is 0.884. The molecule has 110 valence electrons. The maximum Gasteiger partial charge on any atom is 0.258 e. The molecule has 3 rings (SSSR count). The van der Waals surface area contributed by atoms with Gasteiger partial charge in [0.25, 0.3) is 5.56 Å². The Morgan fingerprint density at radius 3 is 2.59 bits per heavy atom. The van der Waals surface area contributed by atoms with Crippen LogP contribution in [0.3, 0.4) is 0 Å². The predicted octanol–water partition coefficient (Wildman–Crippen LogP) is 1.37. The van der Waals surface area contributed by atoms with E-state index in [1.807, 2.05) is 24.3 Å². The summed E-state index contributed by atoms with van der Waals surface area (Å²) in [6, 6.07) is 9.38. The molecule has 7 nitrogen and oxygen atoms in total. The quantitative estimate of drug-likeness (QED) is 0.608. The van der Waals surface area contributed by atoms with E-state index in [0.29, 0.717) is 5.56 Å². The molecule has 1 aliphatic rings. The van der Waals surface area contributed by atoms with E-state index < -0.39 is 11.5 Å². The predicted molar refractivity (Wildman–Crippen MR) is 85.7 cm³/mol. The van der Waals surface area contributed by atoms with Gasteiger partial charge in [0, 0.05) is 4.47 Å². The minimum atomic E-state index is -0.591. The Balaban J connectivity index is 2.29. The lowest BCUT2D eigenvalue weighted by Crippen LogP contribution is -2.30. The number of nitrogens with zero attached hydrogens (tertiary/aromatic N) is 2. The number of hydrogen-bond acceptors (Lipinski definition) is 6. The Morgan fingerprint density at radius 2 is 1.95 bits per heavy atom. The highest BCUT2D eigenvalue weighted by molar-refractivity contribution is 9.10. The molecule has 1 unspecified atom stereocenters. The number of nitrogens with two attached hydrogens (primary N) is 2. The summed E-state index contributed by atoms with van der Waals surface area (Å²) in [5.41, 5.74) is 12.4. The highest BCUT2D eigenvalue weighted by Gasteiger charge is 2.32. The standard InChI is InChI=1S/C14H11BrN6O/c15-7-3-1-6(2-4-7)9-8(5-16)11(17)19-12-10(9)13(22)21-14(18)20-12/h1-4,9H,17H2,(H4,18,19,20,21,22). The summed E-state index contributed by atoms with van der Waals surface area (Å²) in [5, 5.41) is 12.2. The molecule has 0 saturated carbocycles. The minimum absolute atomic E-state index is 0.0148. The van der Waals surface area contributed by atoms with Crippen LogP contribution in [0.4, 0.5) is 11.8 Å². The van der Waals surface area contributed by atoms with Crippen molar-refractivity contribution in [2.24, 2.45) is 5.73 Å². The fourth-order valence-corrected chi connectivity index (χ4v) is 2.74. The van der Waals surface area contributed by atoms with Crippen LogP contribution >= 0.6 is 15.9 Å². The number of hydrogen-bond donors (Lipinski definition) is 4. The Bertz CT molecular complexity index is 878. The number of fused-ring (bicyclic) bond motifs is 1. The van der Waals surface area contributed by atoms with Crippen molar-refractivity contribution < 1.29 is 0 Å². The van der Waals surface area contributed by atoms with Crippen molar-refractivity contribution in [3.05, 3.63) is 61.6 Å². The van der Waals surface area contributed by atoms with Crippen LogP contribution in [0.1, 0.15) is 17.0 Å². The van der Waals surface area contributed by atoms with Crippen molar-refractivity contribution in [3.8, 4) is 6.07 Å². The van der Waals surface area contributed by atoms with Crippen molar-refractivity contribution in [3.63, 3.8) is 0 Å². The van der Waals surface area contributed by atoms with E-state index in [1.165, 1.54) is 0 Å². The Labute approximate surface area is 133 Å². The lowest BCUT2D eigenvalue weighted by Gasteiger charge is -2.25. The van der Waals surface area contributed by atoms with E-state index in [4.69, 9.17) is 11.5 Å². The first-order valence-corrected chi connectivity index (χ1v) is 7.12. The Hall–Kier alpha value is -2.79. The van der Waals surface area contributed by atoms with Crippen LogP contribution in [0.2, 0.25) is 0 Å². The third-order valence-corrected chi connectivity index (χ3v) is 3.95. The number of halogens is 1. The largest absolute Gasteiger partial charge is 0.384 e. The summed E-state index contributed by atoms with van der Waals surface area (Å²) < 4.78 is 0.894. The summed E-state index contributed by atoms with van der Waals surface area (Å²) in [7, 11) is 0. The fraction of sp³-hybridized carbons (Fsp3) is 0.0714. The summed E-state index contributed by atoms with van der Waals surface area (Å²) >= 11 is 3.36. The van der Waals surface area contributed by atoms with Gasteiger partial charge in [-0.15, -0.1) is 0 Å². The van der Waals surface area contributed by atoms with Gasteiger partial charge in [-0.1, -0.05) is 28.1 Å². The van der Waals surface area contributed by atoms with Crippen molar-refractivity contribution in [2.45, 2.75) is 5.92 Å². The zero-order chi connectivity index (χ0) is 15.9. The number of nitriles is 1. The minimum Gasteiger partial charge on any atom is -0.384 e. The van der Waals surface area contributed by atoms with Crippen molar-refractivity contribution in [1.29, 1.82) is 5.26 Å². The van der Waals surface area contributed by atoms with Gasteiger partial charge < -0.3 is 16.8 Å². The molecule has 1 aromatic heterocycles. The number of nitrogen functional groups attached to an aromatic ring is 1. The summed E-state index contributed by atoms with van der Waals surface area (Å²) in [5.74, 6) is -0.170. The monoisotopic (exact) mass is 358 g/mol. The number of benzene rings is 1. The van der Waals surface area contributed by atoms with Crippen LogP contribution in [0.25, 0.3) is 0 Å². The highest BCUT2D eigenvalue weighted by Crippen LogP contribution is 2.37. The van der Waals surface area contributed by atoms with E-state index >= 15 is 0 Å². The molecular weight excluding hydrogens is 348 g/mol. The smallest absolute Gasteiger partial charge is 0.258 e. The zero-order valence-electron chi connectivity index (χ0n) is 11.2. The number of allylic oxidation sites excluding steroid dienone is 1. The van der Waals surface area contributed by atoms with E-state index in [2.05, 4.69) is 37.3 Å². The van der Waals surface area contributed by atoms with Crippen LogP contribution in [0.15, 0.2) is 44.9 Å². The van der Waals surface area contributed by atoms with Crippen LogP contribution in [-0.4, -0.2) is 9.97 Å². The van der Waals surface area contributed by atoms with Crippen LogP contribution in [0, 0.1) is 11.3 Å². The Kier molecular flexibility index (Phi) is 3.35. The molecule has 8 heteroatoms. The number of nitrogens with one attached hydrogen (secondary N) is 2. The third kappa shape index (κ3) is 2.21. The number of anilines is 2. The van der Waals surface area contributed by atoms with Gasteiger partial charge in [0.1, 0.15) is 11.6 Å². The fourth-order valence-electron chi connectivity index (χ4n) is 2.47. The molecule has 2 aromatic rings. The third-order valence-electron chi connectivity index (χ3n) is 3.42. The Morgan fingerprint density at radius 1 is 1.27 bits per heavy atom. The summed E-state index contributed by atoms with van der Waals surface area (Å²) in [6.45, 7) is 0. The zero-order valence-corrected chi connectivity index (χ0v) is 12.8. The highest BCUT2D eigenvalue weighted by atomic mass is 79.9. The molecule has 0 amide bonds. The molecule has 22 heavy (non-hydrogen) atoms. The molecule has 0 saturated heterocycles. The molecule has 1 aromatic carbocycles. The molecule has 6 N–H and O–H groups in total. The maximum absolute atomic E-state index is 12.3. The van der Waals surface area contributed by atoms with Crippen LogP contribution in [0.5, 0.6) is 0 Å². The van der Waals surface area contributed by atoms with Gasteiger partial charge >= 0.3 is 0 Å². The number of rotatable bonds is 1. The first-order chi connectivity index (χ1) is 10.5. The number of aromatic amines is 1. The first-order valence-electron chi connectivity index (χ1n) is 6.33. The first kappa shape index (κ1) is 14.2. The average molecular weight is 359 g/mol. The van der Waals surface area contributed by atoms with Gasteiger partial charge in [-0.2, -0.15) is 10.2 Å². The number of H-pyrrole nitrogens is 1. The molecule has 0 bridgehead atoms. The molecule has 2 heterocycles. The summed E-state index contributed by atoms with van der Waals surface area (Å²) in [6.07, 6.45) is 0.